The lowest BCUT2D eigenvalue weighted by atomic mass is 9.85. The number of likely N-dealkylation sites (N-methyl/N-ethyl adjacent to an activating group) is 1. The van der Waals surface area contributed by atoms with Gasteiger partial charge in [-0.2, -0.15) is 0 Å². The molecule has 0 unspecified atom stereocenters. The molecule has 2 aromatic rings. The summed E-state index contributed by atoms with van der Waals surface area (Å²) < 4.78 is 5.29. The largest absolute Gasteiger partial charge is 0.497 e. The van der Waals surface area contributed by atoms with Gasteiger partial charge in [0.25, 0.3) is 5.91 Å². The highest BCUT2D eigenvalue weighted by molar-refractivity contribution is 6.07. The SMILES string of the molecule is CCN1C(=O)N(Cc2cccc(OC)c2)C(=O)C12CCN([C@@H](C)Cc1cccnc1)CC2. The van der Waals surface area contributed by atoms with Gasteiger partial charge in [0.1, 0.15) is 11.3 Å². The van der Waals surface area contributed by atoms with E-state index in [4.69, 9.17) is 4.74 Å². The standard InChI is InChI=1S/C25H32N4O3/c1-4-29-24(31)28(18-21-7-5-9-22(16-21)32-3)23(30)25(29)10-13-27(14-11-25)19(2)15-20-8-6-12-26-17-20/h5-9,12,16-17,19H,4,10-11,13-15,18H2,1-3H3/t19-/m0/s1. The van der Waals surface area contributed by atoms with Crippen LogP contribution in [0, 0.1) is 0 Å². The monoisotopic (exact) mass is 436 g/mol. The second-order valence-corrected chi connectivity index (χ2v) is 8.75. The van der Waals surface area contributed by atoms with Crippen LogP contribution in [-0.2, 0) is 17.8 Å². The lowest BCUT2D eigenvalue weighted by Gasteiger charge is -2.43. The zero-order chi connectivity index (χ0) is 22.7. The molecule has 1 atom stereocenters. The molecule has 1 spiro atoms. The van der Waals surface area contributed by atoms with Crippen molar-refractivity contribution in [3.63, 3.8) is 0 Å². The third-order valence-corrected chi connectivity index (χ3v) is 6.92. The fourth-order valence-electron chi connectivity index (χ4n) is 5.12. The molecular formula is C25H32N4O3. The zero-order valence-corrected chi connectivity index (χ0v) is 19.2. The number of nitrogens with zero attached hydrogens (tertiary/aromatic N) is 4. The average molecular weight is 437 g/mol. The van der Waals surface area contributed by atoms with Crippen molar-refractivity contribution >= 4 is 11.9 Å². The second-order valence-electron chi connectivity index (χ2n) is 8.75. The van der Waals surface area contributed by atoms with Crippen LogP contribution in [0.2, 0.25) is 0 Å². The number of aromatic nitrogens is 1. The molecule has 2 saturated heterocycles. The molecule has 1 aromatic carbocycles. The van der Waals surface area contributed by atoms with Crippen LogP contribution >= 0.6 is 0 Å². The van der Waals surface area contributed by atoms with Gasteiger partial charge in [0, 0.05) is 38.1 Å². The van der Waals surface area contributed by atoms with E-state index >= 15 is 0 Å². The van der Waals surface area contributed by atoms with Gasteiger partial charge in [-0.1, -0.05) is 18.2 Å². The zero-order valence-electron chi connectivity index (χ0n) is 19.2. The predicted molar refractivity (Wildman–Crippen MR) is 122 cm³/mol. The first-order chi connectivity index (χ1) is 15.5. The number of pyridine rings is 1. The van der Waals surface area contributed by atoms with Crippen molar-refractivity contribution in [1.29, 1.82) is 0 Å². The topological polar surface area (TPSA) is 66.0 Å². The molecule has 2 aliphatic rings. The normalized spacial score (nSPS) is 19.6. The van der Waals surface area contributed by atoms with E-state index in [1.165, 1.54) is 10.5 Å². The van der Waals surface area contributed by atoms with Gasteiger partial charge in [0.15, 0.2) is 0 Å². The molecule has 0 radical (unpaired) electrons. The van der Waals surface area contributed by atoms with E-state index in [0.717, 1.165) is 30.8 Å². The lowest BCUT2D eigenvalue weighted by Crippen LogP contribution is -2.57. The van der Waals surface area contributed by atoms with Gasteiger partial charge in [0.05, 0.1) is 13.7 Å². The summed E-state index contributed by atoms with van der Waals surface area (Å²) in [5, 5.41) is 0. The number of carbonyl (C=O) groups excluding carboxylic acids is 2. The molecule has 2 fully saturated rings. The number of benzene rings is 1. The molecule has 2 aliphatic heterocycles. The number of piperidine rings is 1. The van der Waals surface area contributed by atoms with Crippen LogP contribution in [0.25, 0.3) is 0 Å². The van der Waals surface area contributed by atoms with Crippen LogP contribution in [0.1, 0.15) is 37.8 Å². The Labute approximate surface area is 190 Å². The third kappa shape index (κ3) is 4.09. The maximum Gasteiger partial charge on any atom is 0.327 e. The van der Waals surface area contributed by atoms with Crippen molar-refractivity contribution in [2.75, 3.05) is 26.7 Å². The minimum atomic E-state index is -0.727. The van der Waals surface area contributed by atoms with Gasteiger partial charge in [-0.3, -0.25) is 14.7 Å². The minimum Gasteiger partial charge on any atom is -0.497 e. The van der Waals surface area contributed by atoms with E-state index in [2.05, 4.69) is 22.9 Å². The third-order valence-electron chi connectivity index (χ3n) is 6.92. The summed E-state index contributed by atoms with van der Waals surface area (Å²) in [6, 6.07) is 11.8. The highest BCUT2D eigenvalue weighted by Crippen LogP contribution is 2.38. The molecule has 0 N–H and O–H groups in total. The molecule has 32 heavy (non-hydrogen) atoms. The number of ether oxygens (including phenoxy) is 1. The molecule has 170 valence electrons. The maximum absolute atomic E-state index is 13.6. The number of methoxy groups -OCH3 is 1. The Morgan fingerprint density at radius 1 is 1.12 bits per heavy atom. The van der Waals surface area contributed by atoms with Gasteiger partial charge in [-0.05, 0) is 62.4 Å². The number of hydrogen-bond acceptors (Lipinski definition) is 5. The van der Waals surface area contributed by atoms with E-state index in [9.17, 15) is 9.59 Å². The predicted octanol–water partition coefficient (Wildman–Crippen LogP) is 3.34. The summed E-state index contributed by atoms with van der Waals surface area (Å²) in [6.45, 7) is 6.57. The fraction of sp³-hybridized carbons (Fsp3) is 0.480. The summed E-state index contributed by atoms with van der Waals surface area (Å²) in [6.07, 6.45) is 5.95. The van der Waals surface area contributed by atoms with Gasteiger partial charge in [0.2, 0.25) is 0 Å². The highest BCUT2D eigenvalue weighted by atomic mass is 16.5. The molecule has 0 bridgehead atoms. The number of carbonyl (C=O) groups is 2. The average Bonchev–Trinajstić information content (AvgIpc) is 3.01. The summed E-state index contributed by atoms with van der Waals surface area (Å²) >= 11 is 0. The first kappa shape index (κ1) is 22.3. The number of urea groups is 1. The van der Waals surface area contributed by atoms with Crippen LogP contribution in [0.4, 0.5) is 4.79 Å². The Hall–Kier alpha value is -2.93. The van der Waals surface area contributed by atoms with Gasteiger partial charge in [-0.15, -0.1) is 0 Å². The highest BCUT2D eigenvalue weighted by Gasteiger charge is 2.57. The Balaban J connectivity index is 1.46. The van der Waals surface area contributed by atoms with Crippen LogP contribution in [0.15, 0.2) is 48.8 Å². The molecule has 7 heteroatoms. The molecule has 3 heterocycles. The molecule has 0 saturated carbocycles. The molecular weight excluding hydrogens is 404 g/mol. The van der Waals surface area contributed by atoms with Crippen LogP contribution < -0.4 is 4.74 Å². The van der Waals surface area contributed by atoms with Crippen molar-refractivity contribution in [1.82, 2.24) is 19.7 Å². The maximum atomic E-state index is 13.6. The number of amides is 3. The fourth-order valence-corrected chi connectivity index (χ4v) is 5.12. The van der Waals surface area contributed by atoms with Crippen molar-refractivity contribution < 1.29 is 14.3 Å². The molecule has 3 amide bonds. The van der Waals surface area contributed by atoms with Crippen molar-refractivity contribution in [3.05, 3.63) is 59.9 Å². The Morgan fingerprint density at radius 2 is 1.88 bits per heavy atom. The van der Waals surface area contributed by atoms with Gasteiger partial charge >= 0.3 is 6.03 Å². The number of hydrogen-bond donors (Lipinski definition) is 0. The van der Waals surface area contributed by atoms with E-state index in [1.807, 2.05) is 43.5 Å². The lowest BCUT2D eigenvalue weighted by molar-refractivity contribution is -0.136. The Bertz CT molecular complexity index is 957. The van der Waals surface area contributed by atoms with Crippen LogP contribution in [0.3, 0.4) is 0 Å². The first-order valence-corrected chi connectivity index (χ1v) is 11.4. The van der Waals surface area contributed by atoms with E-state index in [-0.39, 0.29) is 18.5 Å². The summed E-state index contributed by atoms with van der Waals surface area (Å²) in [5.74, 6) is 0.659. The van der Waals surface area contributed by atoms with Gasteiger partial charge < -0.3 is 14.5 Å². The summed E-state index contributed by atoms with van der Waals surface area (Å²) in [5.41, 5.74) is 1.38. The summed E-state index contributed by atoms with van der Waals surface area (Å²) in [4.78, 5) is 36.7. The molecule has 1 aromatic heterocycles. The minimum absolute atomic E-state index is 0.0632. The van der Waals surface area contributed by atoms with Crippen molar-refractivity contribution in [2.24, 2.45) is 0 Å². The second kappa shape index (κ2) is 9.28. The Morgan fingerprint density at radius 3 is 2.53 bits per heavy atom. The molecule has 7 nitrogen and oxygen atoms in total. The number of rotatable bonds is 7. The van der Waals surface area contributed by atoms with E-state index in [0.29, 0.717) is 25.4 Å². The summed E-state index contributed by atoms with van der Waals surface area (Å²) in [7, 11) is 1.61. The van der Waals surface area contributed by atoms with Crippen LogP contribution in [0.5, 0.6) is 5.75 Å². The van der Waals surface area contributed by atoms with Gasteiger partial charge in [-0.25, -0.2) is 4.79 Å². The Kier molecular flexibility index (Phi) is 6.46. The first-order valence-electron chi connectivity index (χ1n) is 11.4. The van der Waals surface area contributed by atoms with E-state index < -0.39 is 5.54 Å². The van der Waals surface area contributed by atoms with Crippen LogP contribution in [-0.4, -0.2) is 69.9 Å². The number of imide groups is 1. The van der Waals surface area contributed by atoms with Crippen molar-refractivity contribution in [3.8, 4) is 5.75 Å². The molecule has 0 aliphatic carbocycles. The number of likely N-dealkylation sites (tertiary alicyclic amines) is 1. The van der Waals surface area contributed by atoms with Crippen molar-refractivity contribution in [2.45, 2.75) is 51.2 Å². The smallest absolute Gasteiger partial charge is 0.327 e. The quantitative estimate of drug-likeness (QED) is 0.623. The van der Waals surface area contributed by atoms with E-state index in [1.54, 1.807) is 18.2 Å². The molecule has 4 rings (SSSR count).